The van der Waals surface area contributed by atoms with Gasteiger partial charge in [-0.15, -0.1) is 0 Å². The van der Waals surface area contributed by atoms with Gasteiger partial charge < -0.3 is 14.2 Å². The lowest BCUT2D eigenvalue weighted by molar-refractivity contribution is 0.401. The summed E-state index contributed by atoms with van der Waals surface area (Å²) >= 11 is 0. The average Bonchev–Trinajstić information content (AvgIpc) is 3.73. The van der Waals surface area contributed by atoms with Crippen LogP contribution in [-0.4, -0.2) is 94.8 Å². The monoisotopic (exact) mass is 525 g/mol. The minimum Gasteiger partial charge on any atom is -0.479 e. The van der Waals surface area contributed by atoms with E-state index in [-0.39, 0.29) is 17.8 Å². The fourth-order valence-electron chi connectivity index (χ4n) is 3.99. The highest BCUT2D eigenvalue weighted by Gasteiger charge is 2.21. The molecule has 0 amide bonds. The molecule has 0 aliphatic carbocycles. The number of imidazole rings is 3. The van der Waals surface area contributed by atoms with Gasteiger partial charge in [-0.1, -0.05) is 0 Å². The number of aromatic nitrogens is 15. The van der Waals surface area contributed by atoms with Gasteiger partial charge in [0.15, 0.2) is 33.5 Å². The first-order valence-electron chi connectivity index (χ1n) is 11.1. The Labute approximate surface area is 216 Å². The molecule has 0 saturated carbocycles. The number of nitrogens with zero attached hydrogens (tertiary/aromatic N) is 15. The first-order chi connectivity index (χ1) is 19.2. The number of rotatable bonds is 6. The predicted octanol–water partition coefficient (Wildman–Crippen LogP) is 0.284. The maximum atomic E-state index is 5.33. The second-order valence-corrected chi connectivity index (χ2v) is 7.74. The van der Waals surface area contributed by atoms with E-state index in [1.807, 2.05) is 0 Å². The van der Waals surface area contributed by atoms with Crippen LogP contribution in [0.1, 0.15) is 0 Å². The van der Waals surface area contributed by atoms with E-state index in [4.69, 9.17) is 14.2 Å². The molecule has 0 radical (unpaired) electrons. The van der Waals surface area contributed by atoms with Gasteiger partial charge in [0.2, 0.25) is 35.5 Å². The molecule has 0 spiro atoms. The van der Waals surface area contributed by atoms with E-state index < -0.39 is 0 Å². The van der Waals surface area contributed by atoms with Gasteiger partial charge >= 0.3 is 0 Å². The highest BCUT2D eigenvalue weighted by Crippen LogP contribution is 2.25. The van der Waals surface area contributed by atoms with Gasteiger partial charge in [-0.3, -0.25) is 13.7 Å². The summed E-state index contributed by atoms with van der Waals surface area (Å²) in [5.74, 6) is 1.48. The van der Waals surface area contributed by atoms with E-state index >= 15 is 0 Å². The maximum absolute atomic E-state index is 5.33. The topological polar surface area (TPSA) is 197 Å². The summed E-state index contributed by atoms with van der Waals surface area (Å²) in [4.78, 5) is 52.6. The van der Waals surface area contributed by atoms with Crippen molar-refractivity contribution in [3.8, 4) is 35.5 Å². The van der Waals surface area contributed by atoms with Crippen LogP contribution < -0.4 is 14.2 Å². The second kappa shape index (κ2) is 8.57. The molecule has 7 rings (SSSR count). The summed E-state index contributed by atoms with van der Waals surface area (Å²) in [5.41, 5.74) is 2.55. The van der Waals surface area contributed by atoms with Crippen molar-refractivity contribution in [1.29, 1.82) is 0 Å². The van der Waals surface area contributed by atoms with Crippen LogP contribution >= 0.6 is 0 Å². The standard InChI is InChI=1S/C21H15N15O3/c1-37-16-10-13(22-4-25-16)34(7-28-10)19-31-20(35-8-29-11-14(35)23-5-26-17(11)38-2)33-21(32-19)36-9-30-12-15(36)24-6-27-18(12)39-3/h4-9H,1-3H3. The molecule has 0 aliphatic rings. The van der Waals surface area contributed by atoms with Gasteiger partial charge in [-0.2, -0.15) is 29.9 Å². The Balaban J connectivity index is 1.50. The van der Waals surface area contributed by atoms with Crippen molar-refractivity contribution in [2.75, 3.05) is 21.3 Å². The lowest BCUT2D eigenvalue weighted by Crippen LogP contribution is -2.13. The van der Waals surface area contributed by atoms with Crippen LogP contribution in [0.4, 0.5) is 0 Å². The second-order valence-electron chi connectivity index (χ2n) is 7.74. The van der Waals surface area contributed by atoms with Crippen LogP contribution in [0.25, 0.3) is 51.3 Å². The highest BCUT2D eigenvalue weighted by molar-refractivity contribution is 5.79. The van der Waals surface area contributed by atoms with Gasteiger partial charge in [0.05, 0.1) is 21.3 Å². The molecule has 7 aromatic heterocycles. The Morgan fingerprint density at radius 3 is 1.03 bits per heavy atom. The number of fused-ring (bicyclic) bond motifs is 3. The van der Waals surface area contributed by atoms with Gasteiger partial charge in [0.1, 0.15) is 38.0 Å². The maximum Gasteiger partial charge on any atom is 0.245 e. The summed E-state index contributed by atoms with van der Waals surface area (Å²) in [6.07, 6.45) is 8.63. The molecule has 0 N–H and O–H groups in total. The van der Waals surface area contributed by atoms with E-state index in [0.29, 0.717) is 51.1 Å². The van der Waals surface area contributed by atoms with Crippen molar-refractivity contribution in [2.45, 2.75) is 0 Å². The molecule has 0 fully saturated rings. The molecule has 7 aromatic rings. The molecule has 0 bridgehead atoms. The van der Waals surface area contributed by atoms with Crippen LogP contribution in [0.3, 0.4) is 0 Å². The van der Waals surface area contributed by atoms with Crippen LogP contribution in [0, 0.1) is 0 Å². The van der Waals surface area contributed by atoms with E-state index in [1.54, 1.807) is 13.7 Å². The van der Waals surface area contributed by atoms with Crippen LogP contribution in [-0.2, 0) is 0 Å². The van der Waals surface area contributed by atoms with Crippen molar-refractivity contribution >= 4 is 33.5 Å². The molecular weight excluding hydrogens is 510 g/mol. The number of ether oxygens (including phenoxy) is 3. The third-order valence-electron chi connectivity index (χ3n) is 5.73. The normalized spacial score (nSPS) is 11.5. The molecule has 18 heteroatoms. The van der Waals surface area contributed by atoms with Crippen molar-refractivity contribution < 1.29 is 14.2 Å². The van der Waals surface area contributed by atoms with Crippen molar-refractivity contribution in [3.05, 3.63) is 38.0 Å². The van der Waals surface area contributed by atoms with E-state index in [9.17, 15) is 0 Å². The zero-order valence-electron chi connectivity index (χ0n) is 20.4. The van der Waals surface area contributed by atoms with Gasteiger partial charge in [0, 0.05) is 0 Å². The number of hydrogen-bond acceptors (Lipinski definition) is 15. The van der Waals surface area contributed by atoms with E-state index in [1.165, 1.54) is 59.3 Å². The quantitative estimate of drug-likeness (QED) is 0.287. The molecule has 0 atom stereocenters. The summed E-state index contributed by atoms with van der Waals surface area (Å²) in [7, 11) is 4.50. The summed E-state index contributed by atoms with van der Waals surface area (Å²) in [6, 6.07) is 0. The molecule has 0 aromatic carbocycles. The molecule has 192 valence electrons. The van der Waals surface area contributed by atoms with Crippen molar-refractivity contribution in [2.24, 2.45) is 0 Å². The molecule has 0 unspecified atom stereocenters. The first kappa shape index (κ1) is 22.3. The van der Waals surface area contributed by atoms with Crippen molar-refractivity contribution in [1.82, 2.24) is 73.5 Å². The molecular formula is C21H15N15O3. The van der Waals surface area contributed by atoms with E-state index in [2.05, 4.69) is 59.8 Å². The number of hydrogen-bond donors (Lipinski definition) is 0. The van der Waals surface area contributed by atoms with Crippen LogP contribution in [0.15, 0.2) is 38.0 Å². The molecule has 0 saturated heterocycles. The van der Waals surface area contributed by atoms with Crippen molar-refractivity contribution in [3.63, 3.8) is 0 Å². The van der Waals surface area contributed by atoms with E-state index in [0.717, 1.165) is 0 Å². The molecule has 0 aliphatic heterocycles. The Morgan fingerprint density at radius 2 is 0.744 bits per heavy atom. The minimum atomic E-state index is 0.184. The van der Waals surface area contributed by atoms with Crippen LogP contribution in [0.2, 0.25) is 0 Å². The number of methoxy groups -OCH3 is 3. The highest BCUT2D eigenvalue weighted by atomic mass is 16.5. The SMILES string of the molecule is COc1ncnc2c1ncn2-c1nc(-n2cnc3c(OC)ncnc32)nc(-n2cnc3c(OC)ncnc32)n1. The predicted molar refractivity (Wildman–Crippen MR) is 130 cm³/mol. The lowest BCUT2D eigenvalue weighted by atomic mass is 10.5. The fourth-order valence-corrected chi connectivity index (χ4v) is 3.99. The first-order valence-corrected chi connectivity index (χ1v) is 11.1. The summed E-state index contributed by atoms with van der Waals surface area (Å²) < 4.78 is 20.7. The van der Waals surface area contributed by atoms with Gasteiger partial charge in [-0.25, -0.2) is 29.9 Å². The molecule has 39 heavy (non-hydrogen) atoms. The summed E-state index contributed by atoms with van der Waals surface area (Å²) in [6.45, 7) is 0. The van der Waals surface area contributed by atoms with Gasteiger partial charge in [0.25, 0.3) is 0 Å². The largest absolute Gasteiger partial charge is 0.479 e. The fraction of sp³-hybridized carbons (Fsp3) is 0.143. The third-order valence-corrected chi connectivity index (χ3v) is 5.73. The zero-order chi connectivity index (χ0) is 26.5. The summed E-state index contributed by atoms with van der Waals surface area (Å²) in [5, 5.41) is 0. The zero-order valence-corrected chi connectivity index (χ0v) is 20.4. The van der Waals surface area contributed by atoms with Gasteiger partial charge in [-0.05, 0) is 0 Å². The molecule has 7 heterocycles. The lowest BCUT2D eigenvalue weighted by Gasteiger charge is -2.10. The average molecular weight is 525 g/mol. The Bertz CT molecular complexity index is 1770. The minimum absolute atomic E-state index is 0.184. The smallest absolute Gasteiger partial charge is 0.245 e. The Kier molecular flexibility index (Phi) is 4.90. The Morgan fingerprint density at radius 1 is 0.436 bits per heavy atom. The van der Waals surface area contributed by atoms with Crippen LogP contribution in [0.5, 0.6) is 17.6 Å². The Hall–Kier alpha value is -5.94. The third kappa shape index (κ3) is 3.35. The molecule has 18 nitrogen and oxygen atoms in total.